The van der Waals surface area contributed by atoms with Gasteiger partial charge < -0.3 is 5.32 Å². The second-order valence-electron chi connectivity index (χ2n) is 4.00. The minimum Gasteiger partial charge on any atom is -0.302 e. The van der Waals surface area contributed by atoms with Crippen molar-refractivity contribution in [2.45, 2.75) is 26.3 Å². The summed E-state index contributed by atoms with van der Waals surface area (Å²) in [6, 6.07) is 0. The number of aryl methyl sites for hydroxylation is 2. The second-order valence-corrected chi connectivity index (χ2v) is 5.12. The zero-order chi connectivity index (χ0) is 14.5. The molecule has 2 aromatic heterocycles. The number of rotatable bonds is 6. The van der Waals surface area contributed by atoms with E-state index in [4.69, 9.17) is 0 Å². The molecule has 8 nitrogen and oxygen atoms in total. The van der Waals surface area contributed by atoms with Crippen molar-refractivity contribution in [3.05, 3.63) is 33.6 Å². The summed E-state index contributed by atoms with van der Waals surface area (Å²) in [5.41, 5.74) is -0.0853. The zero-order valence-corrected chi connectivity index (χ0v) is 11.6. The van der Waals surface area contributed by atoms with Crippen LogP contribution >= 0.6 is 11.3 Å². The fourth-order valence-corrected chi connectivity index (χ4v) is 2.26. The van der Waals surface area contributed by atoms with Gasteiger partial charge in [0.05, 0.1) is 4.92 Å². The first-order chi connectivity index (χ1) is 9.58. The van der Waals surface area contributed by atoms with Gasteiger partial charge in [-0.2, -0.15) is 5.10 Å². The van der Waals surface area contributed by atoms with Crippen LogP contribution < -0.4 is 5.32 Å². The molecule has 0 saturated heterocycles. The lowest BCUT2D eigenvalue weighted by Gasteiger charge is -2.01. The number of hydrogen-bond donors (Lipinski definition) is 1. The molecule has 0 aromatic carbocycles. The van der Waals surface area contributed by atoms with Gasteiger partial charge >= 0.3 is 5.69 Å². The lowest BCUT2D eigenvalue weighted by molar-refractivity contribution is -0.385. The van der Waals surface area contributed by atoms with Crippen LogP contribution in [-0.4, -0.2) is 25.6 Å². The highest BCUT2D eigenvalue weighted by Gasteiger charge is 2.10. The molecule has 0 spiro atoms. The van der Waals surface area contributed by atoms with Gasteiger partial charge in [-0.25, -0.2) is 4.98 Å². The third-order valence-corrected chi connectivity index (χ3v) is 3.60. The van der Waals surface area contributed by atoms with E-state index in [1.165, 1.54) is 22.2 Å². The lowest BCUT2D eigenvalue weighted by atomic mass is 10.4. The van der Waals surface area contributed by atoms with Gasteiger partial charge in [-0.3, -0.25) is 19.6 Å². The van der Waals surface area contributed by atoms with E-state index >= 15 is 0 Å². The summed E-state index contributed by atoms with van der Waals surface area (Å²) in [5, 5.41) is 17.6. The van der Waals surface area contributed by atoms with Crippen molar-refractivity contribution in [2.75, 3.05) is 5.32 Å². The van der Waals surface area contributed by atoms with Gasteiger partial charge in [0.15, 0.2) is 5.13 Å². The maximum atomic E-state index is 11.7. The van der Waals surface area contributed by atoms with Crippen LogP contribution in [0.2, 0.25) is 0 Å². The van der Waals surface area contributed by atoms with Crippen molar-refractivity contribution in [3.63, 3.8) is 0 Å². The van der Waals surface area contributed by atoms with E-state index in [0.717, 1.165) is 17.5 Å². The van der Waals surface area contributed by atoms with E-state index in [1.807, 2.05) is 6.92 Å². The van der Waals surface area contributed by atoms with Crippen LogP contribution in [0.5, 0.6) is 0 Å². The summed E-state index contributed by atoms with van der Waals surface area (Å²) in [5.74, 6) is -0.194. The first kappa shape index (κ1) is 14.1. The molecule has 0 atom stereocenters. The number of nitrogens with zero attached hydrogens (tertiary/aromatic N) is 4. The van der Waals surface area contributed by atoms with Crippen molar-refractivity contribution in [1.29, 1.82) is 0 Å². The van der Waals surface area contributed by atoms with Crippen LogP contribution in [0.15, 0.2) is 18.6 Å². The average Bonchev–Trinajstić information content (AvgIpc) is 3.05. The van der Waals surface area contributed by atoms with E-state index in [9.17, 15) is 14.9 Å². The molecule has 0 fully saturated rings. The van der Waals surface area contributed by atoms with Crippen LogP contribution in [-0.2, 0) is 17.8 Å². The molecule has 9 heteroatoms. The van der Waals surface area contributed by atoms with Crippen molar-refractivity contribution in [2.24, 2.45) is 0 Å². The average molecular weight is 295 g/mol. The molecule has 2 rings (SSSR count). The van der Waals surface area contributed by atoms with Gasteiger partial charge in [-0.05, 0) is 6.42 Å². The number of carbonyl (C=O) groups is 1. The van der Waals surface area contributed by atoms with E-state index in [-0.39, 0.29) is 24.6 Å². The van der Waals surface area contributed by atoms with Crippen LogP contribution in [0.3, 0.4) is 0 Å². The molecule has 1 amide bonds. The molecule has 0 aliphatic rings. The maximum absolute atomic E-state index is 11.7. The highest BCUT2D eigenvalue weighted by molar-refractivity contribution is 7.15. The number of hydrogen-bond acceptors (Lipinski definition) is 6. The van der Waals surface area contributed by atoms with Gasteiger partial charge in [-0.15, -0.1) is 11.3 Å². The normalized spacial score (nSPS) is 10.4. The number of nitrogens with one attached hydrogen (secondary N) is 1. The Hall–Kier alpha value is -2.29. The number of amides is 1. The standard InChI is InChI=1S/C11H13N5O3S/c1-2-9-6-12-11(20-9)14-10(17)3-4-15-7-8(5-13-15)16(18)19/h5-7H,2-4H2,1H3,(H,12,14,17). The van der Waals surface area contributed by atoms with Gasteiger partial charge in [0.1, 0.15) is 12.4 Å². The molecular weight excluding hydrogens is 282 g/mol. The maximum Gasteiger partial charge on any atom is 0.306 e. The molecule has 2 aromatic rings. The number of carbonyl (C=O) groups excluding carboxylic acids is 1. The molecule has 106 valence electrons. The Morgan fingerprint density at radius 3 is 2.95 bits per heavy atom. The predicted molar refractivity (Wildman–Crippen MR) is 73.6 cm³/mol. The Morgan fingerprint density at radius 1 is 1.55 bits per heavy atom. The van der Waals surface area contributed by atoms with Crippen molar-refractivity contribution in [1.82, 2.24) is 14.8 Å². The number of thiazole rings is 1. The number of anilines is 1. The SMILES string of the molecule is CCc1cnc(NC(=O)CCn2cc([N+](=O)[O-])cn2)s1. The highest BCUT2D eigenvalue weighted by atomic mass is 32.1. The van der Waals surface area contributed by atoms with Crippen molar-refractivity contribution in [3.8, 4) is 0 Å². The summed E-state index contributed by atoms with van der Waals surface area (Å²) in [6.45, 7) is 2.30. The lowest BCUT2D eigenvalue weighted by Crippen LogP contribution is -2.14. The third-order valence-electron chi connectivity index (χ3n) is 2.55. The van der Waals surface area contributed by atoms with E-state index in [2.05, 4.69) is 15.4 Å². The number of aromatic nitrogens is 3. The van der Waals surface area contributed by atoms with Crippen molar-refractivity contribution < 1.29 is 9.72 Å². The predicted octanol–water partition coefficient (Wildman–Crippen LogP) is 1.84. The molecule has 0 saturated carbocycles. The quantitative estimate of drug-likeness (QED) is 0.647. The number of nitro groups is 1. The van der Waals surface area contributed by atoms with Crippen molar-refractivity contribution >= 4 is 28.1 Å². The van der Waals surface area contributed by atoms with Gasteiger partial charge in [0.2, 0.25) is 5.91 Å². The molecule has 0 aliphatic carbocycles. The molecule has 20 heavy (non-hydrogen) atoms. The Bertz CT molecular complexity index is 621. The molecule has 0 radical (unpaired) electrons. The topological polar surface area (TPSA) is 103 Å². The van der Waals surface area contributed by atoms with Crippen LogP contribution in [0.1, 0.15) is 18.2 Å². The minimum absolute atomic E-state index is 0.0853. The second kappa shape index (κ2) is 6.24. The van der Waals surface area contributed by atoms with Gasteiger partial charge in [0.25, 0.3) is 0 Å². The van der Waals surface area contributed by atoms with Crippen LogP contribution in [0.4, 0.5) is 10.8 Å². The smallest absolute Gasteiger partial charge is 0.302 e. The minimum atomic E-state index is -0.522. The fraction of sp³-hybridized carbons (Fsp3) is 0.364. The van der Waals surface area contributed by atoms with E-state index in [0.29, 0.717) is 5.13 Å². The summed E-state index contributed by atoms with van der Waals surface area (Å²) in [7, 11) is 0. The molecule has 1 N–H and O–H groups in total. The summed E-state index contributed by atoms with van der Waals surface area (Å²) >= 11 is 1.44. The van der Waals surface area contributed by atoms with Gasteiger partial charge in [0, 0.05) is 24.0 Å². The highest BCUT2D eigenvalue weighted by Crippen LogP contribution is 2.18. The zero-order valence-electron chi connectivity index (χ0n) is 10.8. The third kappa shape index (κ3) is 3.60. The summed E-state index contributed by atoms with van der Waals surface area (Å²) in [6.07, 6.45) is 5.25. The first-order valence-corrected chi connectivity index (χ1v) is 6.81. The first-order valence-electron chi connectivity index (χ1n) is 6.00. The van der Waals surface area contributed by atoms with E-state index < -0.39 is 4.92 Å². The Labute approximate surface area is 118 Å². The fourth-order valence-electron chi connectivity index (χ4n) is 1.50. The van der Waals surface area contributed by atoms with E-state index in [1.54, 1.807) is 6.20 Å². The Morgan fingerprint density at radius 2 is 2.35 bits per heavy atom. The molecule has 0 bridgehead atoms. The largest absolute Gasteiger partial charge is 0.306 e. The van der Waals surface area contributed by atoms with Gasteiger partial charge in [-0.1, -0.05) is 6.92 Å². The Kier molecular flexibility index (Phi) is 4.41. The summed E-state index contributed by atoms with van der Waals surface area (Å²) in [4.78, 5) is 26.9. The van der Waals surface area contributed by atoms with Crippen LogP contribution in [0, 0.1) is 10.1 Å². The Balaban J connectivity index is 1.83. The molecule has 0 unspecified atom stereocenters. The summed E-state index contributed by atoms with van der Waals surface area (Å²) < 4.78 is 1.37. The molecule has 2 heterocycles. The molecular formula is C11H13N5O3S. The van der Waals surface area contributed by atoms with Crippen LogP contribution in [0.25, 0.3) is 0 Å². The molecule has 0 aliphatic heterocycles. The monoisotopic (exact) mass is 295 g/mol.